The van der Waals surface area contributed by atoms with Gasteiger partial charge < -0.3 is 9.53 Å². The summed E-state index contributed by atoms with van der Waals surface area (Å²) in [5, 5.41) is 9.53. The van der Waals surface area contributed by atoms with E-state index in [-0.39, 0.29) is 0 Å². The van der Waals surface area contributed by atoms with Crippen LogP contribution in [-0.4, -0.2) is 26.1 Å². The van der Waals surface area contributed by atoms with Gasteiger partial charge in [-0.1, -0.05) is 20.3 Å². The minimum absolute atomic E-state index is 0.340. The molecule has 1 N–H and O–H groups in total. The third-order valence-corrected chi connectivity index (χ3v) is 6.63. The topological polar surface area (TPSA) is 29.5 Å². The van der Waals surface area contributed by atoms with Crippen molar-refractivity contribution in [3.05, 3.63) is 0 Å². The molecule has 0 heterocycles. The van der Waals surface area contributed by atoms with Gasteiger partial charge in [-0.15, -0.1) is 0 Å². The Labute approximate surface area is 120 Å². The summed E-state index contributed by atoms with van der Waals surface area (Å²) in [6, 6.07) is 0. The van der Waals surface area contributed by atoms with Gasteiger partial charge in [-0.3, -0.25) is 0 Å². The van der Waals surface area contributed by atoms with Crippen LogP contribution in [0.3, 0.4) is 0 Å². The Morgan fingerprint density at radius 2 is 1.95 bits per heavy atom. The first-order valence-corrected chi connectivity index (χ1v) is 11.5. The lowest BCUT2D eigenvalue weighted by Gasteiger charge is -2.47. The van der Waals surface area contributed by atoms with Gasteiger partial charge in [0.25, 0.3) is 0 Å². The Balaban J connectivity index is 2.14. The molecule has 2 rings (SSSR count). The summed E-state index contributed by atoms with van der Waals surface area (Å²) in [7, 11) is -1.44. The van der Waals surface area contributed by atoms with E-state index in [4.69, 9.17) is 4.43 Å². The lowest BCUT2D eigenvalue weighted by molar-refractivity contribution is -0.0236. The fraction of sp³-hybridized carbons (Fsp3) is 1.00. The summed E-state index contributed by atoms with van der Waals surface area (Å²) >= 11 is 0. The van der Waals surface area contributed by atoms with Crippen molar-refractivity contribution in [2.24, 2.45) is 23.2 Å². The highest BCUT2D eigenvalue weighted by atomic mass is 28.4. The van der Waals surface area contributed by atoms with Crippen LogP contribution >= 0.6 is 0 Å². The minimum atomic E-state index is -1.44. The molecule has 0 amide bonds. The van der Waals surface area contributed by atoms with Gasteiger partial charge in [-0.25, -0.2) is 0 Å². The van der Waals surface area contributed by atoms with E-state index in [1.54, 1.807) is 0 Å². The number of rotatable bonds is 4. The van der Waals surface area contributed by atoms with E-state index in [0.29, 0.717) is 30.0 Å². The van der Waals surface area contributed by atoms with Crippen molar-refractivity contribution in [3.8, 4) is 0 Å². The molecule has 2 fully saturated rings. The van der Waals surface area contributed by atoms with E-state index < -0.39 is 8.32 Å². The molecule has 2 nitrogen and oxygen atoms in total. The monoisotopic (exact) mass is 284 g/mol. The van der Waals surface area contributed by atoms with Crippen molar-refractivity contribution >= 4 is 8.32 Å². The third kappa shape index (κ3) is 3.08. The summed E-state index contributed by atoms with van der Waals surface area (Å²) in [6.07, 6.45) is 6.97. The molecule has 0 saturated heterocycles. The molecule has 5 atom stereocenters. The van der Waals surface area contributed by atoms with Crippen molar-refractivity contribution < 1.29 is 9.53 Å². The van der Waals surface area contributed by atoms with Gasteiger partial charge in [0, 0.05) is 12.7 Å². The van der Waals surface area contributed by atoms with Crippen LogP contribution in [0.5, 0.6) is 0 Å². The van der Waals surface area contributed by atoms with Crippen molar-refractivity contribution in [2.45, 2.75) is 71.7 Å². The SMILES string of the molecule is C[C@@H](CO)[C@H]1CCC2C(O[Si](C)(C)C)CCC[C@@]21C. The van der Waals surface area contributed by atoms with Crippen LogP contribution in [-0.2, 0) is 4.43 Å². The second-order valence-electron chi connectivity index (χ2n) is 8.12. The van der Waals surface area contributed by atoms with E-state index in [1.165, 1.54) is 32.1 Å². The molecule has 0 aromatic heterocycles. The second kappa shape index (κ2) is 5.49. The average molecular weight is 285 g/mol. The molecule has 2 aliphatic rings. The van der Waals surface area contributed by atoms with E-state index in [1.807, 2.05) is 0 Å². The first-order chi connectivity index (χ1) is 8.78. The van der Waals surface area contributed by atoms with Crippen molar-refractivity contribution in [3.63, 3.8) is 0 Å². The van der Waals surface area contributed by atoms with Gasteiger partial charge in [-0.05, 0) is 68.5 Å². The van der Waals surface area contributed by atoms with E-state index in [2.05, 4.69) is 33.5 Å². The Morgan fingerprint density at radius 1 is 1.26 bits per heavy atom. The normalized spacial score (nSPS) is 41.1. The number of hydrogen-bond donors (Lipinski definition) is 1. The average Bonchev–Trinajstić information content (AvgIpc) is 2.64. The van der Waals surface area contributed by atoms with Crippen LogP contribution in [0, 0.1) is 23.2 Å². The zero-order valence-electron chi connectivity index (χ0n) is 13.4. The molecule has 2 unspecified atom stereocenters. The van der Waals surface area contributed by atoms with Gasteiger partial charge in [0.1, 0.15) is 0 Å². The molecular weight excluding hydrogens is 252 g/mol. The second-order valence-corrected chi connectivity index (χ2v) is 12.6. The lowest BCUT2D eigenvalue weighted by Crippen LogP contribution is -2.46. The summed E-state index contributed by atoms with van der Waals surface area (Å²) in [6.45, 7) is 12.0. The first-order valence-electron chi connectivity index (χ1n) is 8.06. The van der Waals surface area contributed by atoms with E-state index in [0.717, 1.165) is 5.92 Å². The molecule has 3 heteroatoms. The molecule has 0 radical (unpaired) electrons. The van der Waals surface area contributed by atoms with Crippen LogP contribution in [0.1, 0.15) is 46.0 Å². The zero-order chi connectivity index (χ0) is 14.3. The Kier molecular flexibility index (Phi) is 4.49. The maximum atomic E-state index is 9.53. The fourth-order valence-corrected chi connectivity index (χ4v) is 6.01. The predicted octanol–water partition coefficient (Wildman–Crippen LogP) is 4.05. The predicted molar refractivity (Wildman–Crippen MR) is 82.6 cm³/mol. The van der Waals surface area contributed by atoms with Crippen molar-refractivity contribution in [1.82, 2.24) is 0 Å². The maximum Gasteiger partial charge on any atom is 0.184 e. The number of aliphatic hydroxyl groups is 1. The highest BCUT2D eigenvalue weighted by Crippen LogP contribution is 2.58. The largest absolute Gasteiger partial charge is 0.414 e. The highest BCUT2D eigenvalue weighted by Gasteiger charge is 2.53. The molecule has 2 saturated carbocycles. The van der Waals surface area contributed by atoms with E-state index in [9.17, 15) is 5.11 Å². The summed E-state index contributed by atoms with van der Waals surface area (Å²) < 4.78 is 6.50. The van der Waals surface area contributed by atoms with Crippen LogP contribution in [0.15, 0.2) is 0 Å². The van der Waals surface area contributed by atoms with Gasteiger partial charge in [0.15, 0.2) is 8.32 Å². The van der Waals surface area contributed by atoms with Gasteiger partial charge >= 0.3 is 0 Å². The quantitative estimate of drug-likeness (QED) is 0.789. The summed E-state index contributed by atoms with van der Waals surface area (Å²) in [4.78, 5) is 0. The van der Waals surface area contributed by atoms with E-state index >= 15 is 0 Å². The number of hydrogen-bond acceptors (Lipinski definition) is 2. The molecule has 0 aromatic rings. The maximum absolute atomic E-state index is 9.53. The first kappa shape index (κ1) is 15.5. The Hall–Kier alpha value is 0.137. The molecule has 0 spiro atoms. The van der Waals surface area contributed by atoms with Crippen LogP contribution in [0.2, 0.25) is 19.6 Å². The molecular formula is C16H32O2Si. The Morgan fingerprint density at radius 3 is 2.53 bits per heavy atom. The van der Waals surface area contributed by atoms with Crippen LogP contribution < -0.4 is 0 Å². The lowest BCUT2D eigenvalue weighted by atomic mass is 9.62. The highest BCUT2D eigenvalue weighted by molar-refractivity contribution is 6.69. The van der Waals surface area contributed by atoms with Gasteiger partial charge in [0.2, 0.25) is 0 Å². The molecule has 2 aliphatic carbocycles. The molecule has 19 heavy (non-hydrogen) atoms. The minimum Gasteiger partial charge on any atom is -0.414 e. The van der Waals surface area contributed by atoms with Gasteiger partial charge in [0.05, 0.1) is 0 Å². The van der Waals surface area contributed by atoms with Crippen LogP contribution in [0.25, 0.3) is 0 Å². The van der Waals surface area contributed by atoms with Gasteiger partial charge in [-0.2, -0.15) is 0 Å². The molecule has 112 valence electrons. The smallest absolute Gasteiger partial charge is 0.184 e. The summed E-state index contributed by atoms with van der Waals surface area (Å²) in [5.74, 6) is 1.86. The molecule has 0 bridgehead atoms. The fourth-order valence-electron chi connectivity index (χ4n) is 4.82. The molecule has 0 aromatic carbocycles. The number of fused-ring (bicyclic) bond motifs is 1. The van der Waals surface area contributed by atoms with Crippen LogP contribution in [0.4, 0.5) is 0 Å². The summed E-state index contributed by atoms with van der Waals surface area (Å²) in [5.41, 5.74) is 0.407. The molecule has 0 aliphatic heterocycles. The zero-order valence-corrected chi connectivity index (χ0v) is 14.4. The van der Waals surface area contributed by atoms with Crippen molar-refractivity contribution in [2.75, 3.05) is 6.61 Å². The Bertz CT molecular complexity index is 312. The van der Waals surface area contributed by atoms with Crippen molar-refractivity contribution in [1.29, 1.82) is 0 Å². The third-order valence-electron chi connectivity index (χ3n) is 5.62. The number of aliphatic hydroxyl groups excluding tert-OH is 1. The standard InChI is InChI=1S/C16H32O2Si/c1-12(11-17)13-8-9-14-15(18-19(3,4)5)7-6-10-16(13,14)2/h12-15,17H,6-11H2,1-5H3/t12-,13+,14?,15?,16+/m0/s1.